The van der Waals surface area contributed by atoms with Crippen LogP contribution in [0.25, 0.3) is 0 Å². The van der Waals surface area contributed by atoms with Gasteiger partial charge in [-0.15, -0.1) is 0 Å². The standard InChI is InChI=1S/C11H18N4O/c1-2-9(1)12-7-11-13-8-15(14-11)10-3-5-16-6-4-10/h8-10,12H,1-7H2. The number of nitrogens with one attached hydrogen (secondary N) is 1. The molecule has 1 aliphatic carbocycles. The third-order valence-corrected chi connectivity index (χ3v) is 3.25. The average molecular weight is 222 g/mol. The molecule has 1 N–H and O–H groups in total. The van der Waals surface area contributed by atoms with Gasteiger partial charge in [-0.05, 0) is 25.7 Å². The van der Waals surface area contributed by atoms with Crippen molar-refractivity contribution in [2.24, 2.45) is 0 Å². The Morgan fingerprint density at radius 3 is 2.88 bits per heavy atom. The van der Waals surface area contributed by atoms with Crippen molar-refractivity contribution in [3.8, 4) is 0 Å². The minimum atomic E-state index is 0.482. The first-order valence-corrected chi connectivity index (χ1v) is 6.13. The number of hydrogen-bond acceptors (Lipinski definition) is 4. The highest BCUT2D eigenvalue weighted by molar-refractivity contribution is 4.88. The second kappa shape index (κ2) is 4.51. The van der Waals surface area contributed by atoms with E-state index in [0.29, 0.717) is 6.04 Å². The van der Waals surface area contributed by atoms with Crippen LogP contribution in [-0.2, 0) is 11.3 Å². The molecule has 2 aliphatic rings. The van der Waals surface area contributed by atoms with E-state index in [2.05, 4.69) is 15.4 Å². The fourth-order valence-corrected chi connectivity index (χ4v) is 2.04. The average Bonchev–Trinajstić information content (AvgIpc) is 3.05. The van der Waals surface area contributed by atoms with E-state index in [-0.39, 0.29) is 0 Å². The number of ether oxygens (including phenoxy) is 1. The molecule has 16 heavy (non-hydrogen) atoms. The van der Waals surface area contributed by atoms with Crippen molar-refractivity contribution in [2.45, 2.75) is 44.3 Å². The van der Waals surface area contributed by atoms with Gasteiger partial charge in [0.15, 0.2) is 5.82 Å². The van der Waals surface area contributed by atoms with E-state index < -0.39 is 0 Å². The van der Waals surface area contributed by atoms with Gasteiger partial charge in [-0.2, -0.15) is 5.10 Å². The van der Waals surface area contributed by atoms with Crippen LogP contribution in [-0.4, -0.2) is 34.0 Å². The lowest BCUT2D eigenvalue weighted by Crippen LogP contribution is -2.21. The van der Waals surface area contributed by atoms with Gasteiger partial charge in [0.25, 0.3) is 0 Å². The summed E-state index contributed by atoms with van der Waals surface area (Å²) < 4.78 is 7.35. The molecule has 0 spiro atoms. The van der Waals surface area contributed by atoms with Crippen molar-refractivity contribution >= 4 is 0 Å². The molecule has 0 atom stereocenters. The maximum absolute atomic E-state index is 5.34. The van der Waals surface area contributed by atoms with E-state index in [1.54, 1.807) is 0 Å². The number of rotatable bonds is 4. The van der Waals surface area contributed by atoms with Crippen molar-refractivity contribution in [2.75, 3.05) is 13.2 Å². The zero-order valence-electron chi connectivity index (χ0n) is 9.43. The largest absolute Gasteiger partial charge is 0.381 e. The predicted octanol–water partition coefficient (Wildman–Crippen LogP) is 0.882. The predicted molar refractivity (Wildman–Crippen MR) is 59.0 cm³/mol. The summed E-state index contributed by atoms with van der Waals surface area (Å²) in [5.74, 6) is 0.915. The maximum atomic E-state index is 5.34. The van der Waals surface area contributed by atoms with Gasteiger partial charge in [0.2, 0.25) is 0 Å². The highest BCUT2D eigenvalue weighted by Crippen LogP contribution is 2.20. The van der Waals surface area contributed by atoms with Gasteiger partial charge in [-0.3, -0.25) is 0 Å². The lowest BCUT2D eigenvalue weighted by molar-refractivity contribution is 0.0660. The molecule has 1 aromatic heterocycles. The van der Waals surface area contributed by atoms with E-state index in [0.717, 1.165) is 44.5 Å². The molecule has 2 heterocycles. The van der Waals surface area contributed by atoms with E-state index in [4.69, 9.17) is 4.74 Å². The first kappa shape index (κ1) is 10.2. The Kier molecular flexibility index (Phi) is 2.88. The topological polar surface area (TPSA) is 52.0 Å². The Morgan fingerprint density at radius 1 is 1.31 bits per heavy atom. The summed E-state index contributed by atoms with van der Waals surface area (Å²) in [6.45, 7) is 2.50. The Hall–Kier alpha value is -0.940. The van der Waals surface area contributed by atoms with Gasteiger partial charge in [-0.1, -0.05) is 0 Å². The Balaban J connectivity index is 1.57. The number of hydrogen-bond donors (Lipinski definition) is 1. The number of nitrogens with zero attached hydrogens (tertiary/aromatic N) is 3. The van der Waals surface area contributed by atoms with Crippen molar-refractivity contribution in [1.82, 2.24) is 20.1 Å². The summed E-state index contributed by atoms with van der Waals surface area (Å²) in [7, 11) is 0. The van der Waals surface area contributed by atoms with Gasteiger partial charge in [0.05, 0.1) is 12.6 Å². The van der Waals surface area contributed by atoms with Crippen LogP contribution in [0.5, 0.6) is 0 Å². The quantitative estimate of drug-likeness (QED) is 0.821. The van der Waals surface area contributed by atoms with E-state index >= 15 is 0 Å². The molecule has 1 saturated carbocycles. The first-order chi connectivity index (χ1) is 7.92. The van der Waals surface area contributed by atoms with Crippen molar-refractivity contribution < 1.29 is 4.74 Å². The number of aromatic nitrogens is 3. The van der Waals surface area contributed by atoms with Gasteiger partial charge in [-0.25, -0.2) is 9.67 Å². The minimum Gasteiger partial charge on any atom is -0.381 e. The SMILES string of the molecule is c1nc(CNC2CC2)nn1C1CCOCC1. The van der Waals surface area contributed by atoms with Crippen molar-refractivity contribution in [3.05, 3.63) is 12.2 Å². The molecular weight excluding hydrogens is 204 g/mol. The molecule has 0 amide bonds. The van der Waals surface area contributed by atoms with E-state index in [9.17, 15) is 0 Å². The van der Waals surface area contributed by atoms with Crippen LogP contribution >= 0.6 is 0 Å². The van der Waals surface area contributed by atoms with Crippen LogP contribution in [0.2, 0.25) is 0 Å². The van der Waals surface area contributed by atoms with Crippen LogP contribution in [0.1, 0.15) is 37.5 Å². The fraction of sp³-hybridized carbons (Fsp3) is 0.818. The Morgan fingerprint density at radius 2 is 2.12 bits per heavy atom. The summed E-state index contributed by atoms with van der Waals surface area (Å²) in [6, 6.07) is 1.20. The molecule has 88 valence electrons. The molecule has 5 nitrogen and oxygen atoms in total. The van der Waals surface area contributed by atoms with E-state index in [1.807, 2.05) is 11.0 Å². The molecule has 1 aliphatic heterocycles. The molecule has 0 unspecified atom stereocenters. The van der Waals surface area contributed by atoms with Crippen LogP contribution in [0, 0.1) is 0 Å². The van der Waals surface area contributed by atoms with Crippen molar-refractivity contribution in [3.63, 3.8) is 0 Å². The van der Waals surface area contributed by atoms with E-state index in [1.165, 1.54) is 12.8 Å². The molecule has 5 heteroatoms. The third kappa shape index (κ3) is 2.41. The third-order valence-electron chi connectivity index (χ3n) is 3.25. The molecule has 1 aromatic rings. The lowest BCUT2D eigenvalue weighted by Gasteiger charge is -2.21. The second-order valence-electron chi connectivity index (χ2n) is 4.64. The van der Waals surface area contributed by atoms with Crippen LogP contribution in [0.15, 0.2) is 6.33 Å². The van der Waals surface area contributed by atoms with Crippen LogP contribution in [0.3, 0.4) is 0 Å². The zero-order valence-corrected chi connectivity index (χ0v) is 9.43. The lowest BCUT2D eigenvalue weighted by atomic mass is 10.1. The maximum Gasteiger partial charge on any atom is 0.164 e. The van der Waals surface area contributed by atoms with Gasteiger partial charge in [0.1, 0.15) is 6.33 Å². The molecule has 0 aromatic carbocycles. The minimum absolute atomic E-state index is 0.482. The first-order valence-electron chi connectivity index (χ1n) is 6.13. The summed E-state index contributed by atoms with van der Waals surface area (Å²) >= 11 is 0. The molecular formula is C11H18N4O. The molecule has 0 radical (unpaired) electrons. The smallest absolute Gasteiger partial charge is 0.164 e. The monoisotopic (exact) mass is 222 g/mol. The van der Waals surface area contributed by atoms with Gasteiger partial charge >= 0.3 is 0 Å². The summed E-state index contributed by atoms with van der Waals surface area (Å²) in [6.07, 6.45) is 6.58. The summed E-state index contributed by atoms with van der Waals surface area (Å²) in [5.41, 5.74) is 0. The molecule has 2 fully saturated rings. The summed E-state index contributed by atoms with van der Waals surface area (Å²) in [4.78, 5) is 4.34. The Bertz CT molecular complexity index is 342. The Labute approximate surface area is 95.2 Å². The zero-order chi connectivity index (χ0) is 10.8. The normalized spacial score (nSPS) is 22.5. The van der Waals surface area contributed by atoms with Crippen molar-refractivity contribution in [1.29, 1.82) is 0 Å². The van der Waals surface area contributed by atoms with Crippen LogP contribution in [0.4, 0.5) is 0 Å². The highest BCUT2D eigenvalue weighted by atomic mass is 16.5. The van der Waals surface area contributed by atoms with Gasteiger partial charge < -0.3 is 10.1 Å². The molecule has 0 bridgehead atoms. The fourth-order valence-electron chi connectivity index (χ4n) is 2.04. The summed E-state index contributed by atoms with van der Waals surface area (Å²) in [5, 5.41) is 7.95. The van der Waals surface area contributed by atoms with Gasteiger partial charge in [0, 0.05) is 19.3 Å². The second-order valence-corrected chi connectivity index (χ2v) is 4.64. The molecule has 3 rings (SSSR count). The highest BCUT2D eigenvalue weighted by Gasteiger charge is 2.21. The molecule has 1 saturated heterocycles. The van der Waals surface area contributed by atoms with Crippen LogP contribution < -0.4 is 5.32 Å².